The second kappa shape index (κ2) is 10.5. The Morgan fingerprint density at radius 3 is 2.23 bits per heavy atom. The fraction of sp³-hybridized carbons (Fsp3) is 0.167. The third-order valence-electron chi connectivity index (χ3n) is 6.86. The summed E-state index contributed by atoms with van der Waals surface area (Å²) >= 11 is 0. The SMILES string of the molecule is Cc1cccc(C(=O)Nc2ccc3c(c2)CC(NS(=O)(=O)c2ccc(F)cc2)C3)c1-c1ccc(C(F)(F)F)cc1. The highest BCUT2D eigenvalue weighted by Crippen LogP contribution is 2.34. The number of carbonyl (C=O) groups excluding carboxylic acids is 1. The Balaban J connectivity index is 1.32. The van der Waals surface area contributed by atoms with E-state index in [2.05, 4.69) is 10.0 Å². The van der Waals surface area contributed by atoms with E-state index >= 15 is 0 Å². The molecule has 5 rings (SSSR count). The van der Waals surface area contributed by atoms with Crippen LogP contribution in [0.5, 0.6) is 0 Å². The van der Waals surface area contributed by atoms with Crippen molar-refractivity contribution in [1.29, 1.82) is 0 Å². The topological polar surface area (TPSA) is 75.3 Å². The third kappa shape index (κ3) is 5.78. The molecule has 0 saturated heterocycles. The molecule has 1 amide bonds. The van der Waals surface area contributed by atoms with Gasteiger partial charge in [-0.05, 0) is 102 Å². The first-order valence-electron chi connectivity index (χ1n) is 12.4. The molecule has 4 aromatic carbocycles. The van der Waals surface area contributed by atoms with Crippen molar-refractivity contribution >= 4 is 21.6 Å². The highest BCUT2D eigenvalue weighted by Gasteiger charge is 2.30. The van der Waals surface area contributed by atoms with E-state index in [0.717, 1.165) is 41.0 Å². The van der Waals surface area contributed by atoms with Crippen LogP contribution in [-0.2, 0) is 29.0 Å². The number of amides is 1. The van der Waals surface area contributed by atoms with Gasteiger partial charge in [0, 0.05) is 17.3 Å². The van der Waals surface area contributed by atoms with E-state index < -0.39 is 39.5 Å². The Labute approximate surface area is 228 Å². The maximum absolute atomic E-state index is 13.3. The maximum atomic E-state index is 13.3. The van der Waals surface area contributed by atoms with Crippen LogP contribution in [0.25, 0.3) is 11.1 Å². The van der Waals surface area contributed by atoms with Gasteiger partial charge < -0.3 is 5.32 Å². The summed E-state index contributed by atoms with van der Waals surface area (Å²) in [6.07, 6.45) is -3.60. The molecule has 1 aliphatic rings. The Morgan fingerprint density at radius 2 is 1.55 bits per heavy atom. The van der Waals surface area contributed by atoms with Crippen LogP contribution in [0.15, 0.2) is 89.8 Å². The van der Waals surface area contributed by atoms with Crippen LogP contribution in [0.4, 0.5) is 23.2 Å². The van der Waals surface area contributed by atoms with Gasteiger partial charge in [-0.2, -0.15) is 13.2 Å². The van der Waals surface area contributed by atoms with Crippen LogP contribution in [0, 0.1) is 12.7 Å². The third-order valence-corrected chi connectivity index (χ3v) is 8.40. The van der Waals surface area contributed by atoms with E-state index in [1.54, 1.807) is 37.3 Å². The number of anilines is 1. The Bertz CT molecular complexity index is 1680. The molecule has 40 heavy (non-hydrogen) atoms. The Hall–Kier alpha value is -4.02. The van der Waals surface area contributed by atoms with Crippen LogP contribution in [-0.4, -0.2) is 20.4 Å². The maximum Gasteiger partial charge on any atom is 0.416 e. The molecule has 0 heterocycles. The summed E-state index contributed by atoms with van der Waals surface area (Å²) < 4.78 is 80.4. The molecular weight excluding hydrogens is 544 g/mol. The van der Waals surface area contributed by atoms with Gasteiger partial charge in [0.15, 0.2) is 0 Å². The lowest BCUT2D eigenvalue weighted by atomic mass is 9.93. The van der Waals surface area contributed by atoms with Crippen LogP contribution in [0.3, 0.4) is 0 Å². The summed E-state index contributed by atoms with van der Waals surface area (Å²) in [5, 5.41) is 2.86. The smallest absolute Gasteiger partial charge is 0.322 e. The summed E-state index contributed by atoms with van der Waals surface area (Å²) in [4.78, 5) is 13.3. The van der Waals surface area contributed by atoms with E-state index in [1.807, 2.05) is 6.07 Å². The Kier molecular flexibility index (Phi) is 7.24. The van der Waals surface area contributed by atoms with E-state index in [9.17, 15) is 30.8 Å². The van der Waals surface area contributed by atoms with Gasteiger partial charge in [0.05, 0.1) is 10.5 Å². The normalized spacial score (nSPS) is 15.1. The van der Waals surface area contributed by atoms with Gasteiger partial charge in [-0.15, -0.1) is 0 Å². The molecule has 0 spiro atoms. The molecule has 10 heteroatoms. The fourth-order valence-electron chi connectivity index (χ4n) is 4.94. The van der Waals surface area contributed by atoms with Crippen molar-refractivity contribution in [2.75, 3.05) is 5.32 Å². The number of benzene rings is 4. The minimum absolute atomic E-state index is 0.0280. The molecule has 5 nitrogen and oxygen atoms in total. The van der Waals surface area contributed by atoms with Gasteiger partial charge in [0.2, 0.25) is 10.0 Å². The molecule has 0 saturated carbocycles. The molecule has 0 fully saturated rings. The number of rotatable bonds is 6. The van der Waals surface area contributed by atoms with Crippen molar-refractivity contribution in [2.24, 2.45) is 0 Å². The molecule has 0 radical (unpaired) electrons. The van der Waals surface area contributed by atoms with Crippen molar-refractivity contribution in [1.82, 2.24) is 4.72 Å². The average molecular weight is 569 g/mol. The average Bonchev–Trinajstić information content (AvgIpc) is 3.29. The highest BCUT2D eigenvalue weighted by atomic mass is 32.2. The highest BCUT2D eigenvalue weighted by molar-refractivity contribution is 7.89. The van der Waals surface area contributed by atoms with Crippen LogP contribution in [0.1, 0.15) is 32.6 Å². The van der Waals surface area contributed by atoms with Gasteiger partial charge in [-0.25, -0.2) is 17.5 Å². The predicted molar refractivity (Wildman–Crippen MR) is 144 cm³/mol. The number of nitrogens with one attached hydrogen (secondary N) is 2. The van der Waals surface area contributed by atoms with Crippen molar-refractivity contribution < 1.29 is 30.8 Å². The van der Waals surface area contributed by atoms with E-state index in [4.69, 9.17) is 0 Å². The zero-order chi connectivity index (χ0) is 28.7. The molecule has 0 aliphatic heterocycles. The zero-order valence-corrected chi connectivity index (χ0v) is 22.0. The van der Waals surface area contributed by atoms with E-state index in [0.29, 0.717) is 35.2 Å². The molecule has 0 aromatic heterocycles. The molecule has 206 valence electrons. The summed E-state index contributed by atoms with van der Waals surface area (Å²) in [6.45, 7) is 1.78. The van der Waals surface area contributed by atoms with Gasteiger partial charge in [0.25, 0.3) is 5.91 Å². The van der Waals surface area contributed by atoms with Gasteiger partial charge in [-0.3, -0.25) is 4.79 Å². The van der Waals surface area contributed by atoms with Crippen molar-refractivity contribution in [2.45, 2.75) is 36.9 Å². The minimum Gasteiger partial charge on any atom is -0.322 e. The number of fused-ring (bicyclic) bond motifs is 1. The molecule has 1 atom stereocenters. The lowest BCUT2D eigenvalue weighted by Crippen LogP contribution is -2.35. The number of halogens is 4. The van der Waals surface area contributed by atoms with Gasteiger partial charge >= 0.3 is 6.18 Å². The molecule has 1 unspecified atom stereocenters. The number of hydrogen-bond donors (Lipinski definition) is 2. The molecular formula is C30H24F4N2O3S. The van der Waals surface area contributed by atoms with Crippen LogP contribution < -0.4 is 10.0 Å². The largest absolute Gasteiger partial charge is 0.416 e. The molecule has 2 N–H and O–H groups in total. The van der Waals surface area contributed by atoms with Crippen molar-refractivity contribution in [3.05, 3.63) is 119 Å². The lowest BCUT2D eigenvalue weighted by Gasteiger charge is -2.15. The van der Waals surface area contributed by atoms with Crippen LogP contribution in [0.2, 0.25) is 0 Å². The molecule has 0 bridgehead atoms. The zero-order valence-electron chi connectivity index (χ0n) is 21.2. The number of sulfonamides is 1. The predicted octanol–water partition coefficient (Wildman–Crippen LogP) is 6.52. The Morgan fingerprint density at radius 1 is 0.875 bits per heavy atom. The monoisotopic (exact) mass is 568 g/mol. The first-order valence-corrected chi connectivity index (χ1v) is 13.9. The molecule has 1 aliphatic carbocycles. The fourth-order valence-corrected chi connectivity index (χ4v) is 6.18. The lowest BCUT2D eigenvalue weighted by molar-refractivity contribution is -0.137. The summed E-state index contributed by atoms with van der Waals surface area (Å²) in [5.41, 5.74) is 3.61. The first kappa shape index (κ1) is 27.5. The van der Waals surface area contributed by atoms with Gasteiger partial charge in [-0.1, -0.05) is 30.3 Å². The number of hydrogen-bond acceptors (Lipinski definition) is 3. The quantitative estimate of drug-likeness (QED) is 0.260. The van der Waals surface area contributed by atoms with Gasteiger partial charge in [0.1, 0.15) is 5.82 Å². The van der Waals surface area contributed by atoms with Crippen molar-refractivity contribution in [3.63, 3.8) is 0 Å². The first-order chi connectivity index (χ1) is 18.9. The number of alkyl halides is 3. The second-order valence-corrected chi connectivity index (χ2v) is 11.4. The summed E-state index contributed by atoms with van der Waals surface area (Å²) in [6, 6.07) is 19.3. The van der Waals surface area contributed by atoms with E-state index in [-0.39, 0.29) is 4.90 Å². The standard InChI is InChI=1S/C30H24F4N2O3S/c1-18-3-2-4-27(28(18)19-5-8-22(9-6-19)30(32,33)34)29(37)35-24-12-7-20-15-25(17-21(20)16-24)36-40(38,39)26-13-10-23(31)11-14-26/h2-14,16,25,36H,15,17H2,1H3,(H,35,37). The van der Waals surface area contributed by atoms with E-state index in [1.165, 1.54) is 24.3 Å². The second-order valence-electron chi connectivity index (χ2n) is 9.69. The summed E-state index contributed by atoms with van der Waals surface area (Å²) in [7, 11) is -3.84. The number of carbonyl (C=O) groups is 1. The minimum atomic E-state index is -4.46. The summed E-state index contributed by atoms with van der Waals surface area (Å²) in [5.74, 6) is -0.955. The number of aryl methyl sites for hydroxylation is 1. The van der Waals surface area contributed by atoms with Crippen molar-refractivity contribution in [3.8, 4) is 11.1 Å². The van der Waals surface area contributed by atoms with Crippen LogP contribution >= 0.6 is 0 Å². The molecule has 4 aromatic rings.